The molecule has 1 heterocycles. The van der Waals surface area contributed by atoms with Crippen molar-refractivity contribution in [1.29, 1.82) is 5.41 Å². The Labute approximate surface area is 223 Å². The molecule has 0 bridgehead atoms. The first kappa shape index (κ1) is 27.0. The average molecular weight is 518 g/mol. The number of nitrogens with two attached hydrogens (primary N) is 2. The van der Waals surface area contributed by atoms with Crippen LogP contribution < -0.4 is 25.8 Å². The Morgan fingerprint density at radius 3 is 2.37 bits per heavy atom. The summed E-state index contributed by atoms with van der Waals surface area (Å²) in [5.41, 5.74) is 14.7. The number of carbonyl (C=O) groups is 1. The Morgan fingerprint density at radius 1 is 1.03 bits per heavy atom. The quantitative estimate of drug-likeness (QED) is 0.249. The number of hydrogen-bond acceptors (Lipinski definition) is 7. The van der Waals surface area contributed by atoms with E-state index in [1.165, 1.54) is 0 Å². The molecule has 1 amide bonds. The van der Waals surface area contributed by atoms with Gasteiger partial charge in [-0.3, -0.25) is 15.1 Å². The van der Waals surface area contributed by atoms with E-state index in [4.69, 9.17) is 31.1 Å². The van der Waals surface area contributed by atoms with Gasteiger partial charge in [0.15, 0.2) is 11.5 Å². The van der Waals surface area contributed by atoms with Gasteiger partial charge in [-0.25, -0.2) is 0 Å². The lowest BCUT2D eigenvalue weighted by atomic mass is 10.0. The lowest BCUT2D eigenvalue weighted by Crippen LogP contribution is -2.38. The molecule has 5 N–H and O–H groups in total. The second-order valence-electron chi connectivity index (χ2n) is 9.09. The number of anilines is 1. The zero-order valence-electron chi connectivity index (χ0n) is 21.6. The number of benzene rings is 3. The van der Waals surface area contributed by atoms with Crippen LogP contribution in [0.15, 0.2) is 72.8 Å². The van der Waals surface area contributed by atoms with Crippen molar-refractivity contribution in [2.24, 2.45) is 11.5 Å². The van der Waals surface area contributed by atoms with Crippen LogP contribution in [0.2, 0.25) is 0 Å². The third-order valence-electron chi connectivity index (χ3n) is 6.56. The Kier molecular flexibility index (Phi) is 9.18. The predicted molar refractivity (Wildman–Crippen MR) is 148 cm³/mol. The van der Waals surface area contributed by atoms with Gasteiger partial charge in [0, 0.05) is 37.4 Å². The Balaban J connectivity index is 1.61. The number of hydrogen-bond donors (Lipinski definition) is 3. The van der Waals surface area contributed by atoms with Gasteiger partial charge in [0.05, 0.1) is 20.3 Å². The summed E-state index contributed by atoms with van der Waals surface area (Å²) in [7, 11) is 1.58. The molecular formula is C29H35N5O4. The van der Waals surface area contributed by atoms with Crippen molar-refractivity contribution in [2.75, 3.05) is 51.5 Å². The van der Waals surface area contributed by atoms with Crippen LogP contribution in [-0.4, -0.2) is 63.2 Å². The molecule has 0 aromatic heterocycles. The van der Waals surface area contributed by atoms with Crippen LogP contribution in [0.5, 0.6) is 11.5 Å². The molecule has 200 valence electrons. The SMILES string of the molecule is COc1cc(C(C(N)=O)N(Cc2ccccc2)c2ccc(C(=N)N)cc2)ccc1OCCN1CCOCC1. The third kappa shape index (κ3) is 6.81. The van der Waals surface area contributed by atoms with Gasteiger partial charge in [-0.2, -0.15) is 0 Å². The van der Waals surface area contributed by atoms with Gasteiger partial charge in [-0.15, -0.1) is 0 Å². The van der Waals surface area contributed by atoms with Gasteiger partial charge >= 0.3 is 0 Å². The molecule has 0 radical (unpaired) electrons. The molecule has 9 heteroatoms. The molecule has 1 aliphatic rings. The summed E-state index contributed by atoms with van der Waals surface area (Å²) >= 11 is 0. The topological polar surface area (TPSA) is 127 Å². The summed E-state index contributed by atoms with van der Waals surface area (Å²) in [6.45, 7) is 5.01. The fourth-order valence-corrected chi connectivity index (χ4v) is 4.53. The monoisotopic (exact) mass is 517 g/mol. The maximum atomic E-state index is 13.0. The number of methoxy groups -OCH3 is 1. The number of morpholine rings is 1. The van der Waals surface area contributed by atoms with Crippen molar-refractivity contribution in [2.45, 2.75) is 12.6 Å². The average Bonchev–Trinajstić information content (AvgIpc) is 2.94. The lowest BCUT2D eigenvalue weighted by Gasteiger charge is -2.33. The Bertz CT molecular complexity index is 1210. The van der Waals surface area contributed by atoms with Gasteiger partial charge < -0.3 is 30.6 Å². The molecule has 3 aromatic carbocycles. The van der Waals surface area contributed by atoms with E-state index in [0.717, 1.165) is 44.1 Å². The molecule has 0 saturated carbocycles. The fourth-order valence-electron chi connectivity index (χ4n) is 4.53. The van der Waals surface area contributed by atoms with Crippen LogP contribution >= 0.6 is 0 Å². The summed E-state index contributed by atoms with van der Waals surface area (Å²) in [5.74, 6) is 0.613. The number of amidine groups is 1. The minimum Gasteiger partial charge on any atom is -0.493 e. The highest BCUT2D eigenvalue weighted by atomic mass is 16.5. The fraction of sp³-hybridized carbons (Fsp3) is 0.310. The standard InChI is InChI=1S/C29H35N5O4/c1-36-26-19-23(9-12-25(26)38-18-15-33-13-16-37-17-14-33)27(29(32)35)34(20-21-5-3-2-4-6-21)24-10-7-22(8-11-24)28(30)31/h2-12,19,27H,13-18,20H2,1H3,(H3,30,31)(H2,32,35). The first-order valence-electron chi connectivity index (χ1n) is 12.6. The number of nitrogen functional groups attached to an aromatic ring is 1. The van der Waals surface area contributed by atoms with Crippen molar-refractivity contribution in [1.82, 2.24) is 4.90 Å². The number of ether oxygens (including phenoxy) is 3. The van der Waals surface area contributed by atoms with Gasteiger partial charge in [0.25, 0.3) is 0 Å². The summed E-state index contributed by atoms with van der Waals surface area (Å²) in [6.07, 6.45) is 0. The predicted octanol–water partition coefficient (Wildman–Crippen LogP) is 2.92. The molecule has 1 fully saturated rings. The maximum Gasteiger partial charge on any atom is 0.244 e. The van der Waals surface area contributed by atoms with E-state index in [1.807, 2.05) is 59.5 Å². The van der Waals surface area contributed by atoms with E-state index >= 15 is 0 Å². The van der Waals surface area contributed by atoms with Crippen LogP contribution in [0.4, 0.5) is 5.69 Å². The van der Waals surface area contributed by atoms with Gasteiger partial charge in [0.1, 0.15) is 18.5 Å². The molecule has 0 aliphatic carbocycles. The number of primary amides is 1. The lowest BCUT2D eigenvalue weighted by molar-refractivity contribution is -0.119. The summed E-state index contributed by atoms with van der Waals surface area (Å²) in [6, 6.07) is 21.8. The van der Waals surface area contributed by atoms with Crippen LogP contribution in [0.3, 0.4) is 0 Å². The highest BCUT2D eigenvalue weighted by Gasteiger charge is 2.28. The summed E-state index contributed by atoms with van der Waals surface area (Å²) < 4.78 is 17.1. The van der Waals surface area contributed by atoms with E-state index in [2.05, 4.69) is 4.90 Å². The largest absolute Gasteiger partial charge is 0.493 e. The second-order valence-corrected chi connectivity index (χ2v) is 9.09. The molecular weight excluding hydrogens is 482 g/mol. The number of amides is 1. The van der Waals surface area contributed by atoms with Gasteiger partial charge in [-0.05, 0) is 47.5 Å². The van der Waals surface area contributed by atoms with Crippen molar-refractivity contribution in [3.63, 3.8) is 0 Å². The number of rotatable bonds is 12. The molecule has 38 heavy (non-hydrogen) atoms. The first-order chi connectivity index (χ1) is 18.5. The highest BCUT2D eigenvalue weighted by Crippen LogP contribution is 2.35. The summed E-state index contributed by atoms with van der Waals surface area (Å²) in [5, 5.41) is 7.71. The molecule has 1 saturated heterocycles. The van der Waals surface area contributed by atoms with Crippen molar-refractivity contribution in [3.8, 4) is 11.5 Å². The number of carbonyl (C=O) groups excluding carboxylic acids is 1. The highest BCUT2D eigenvalue weighted by molar-refractivity contribution is 5.95. The normalized spacial score (nSPS) is 14.4. The molecule has 3 aromatic rings. The molecule has 1 unspecified atom stereocenters. The van der Waals surface area contributed by atoms with Gasteiger partial charge in [0.2, 0.25) is 5.91 Å². The molecule has 0 spiro atoms. The van der Waals surface area contributed by atoms with Crippen LogP contribution in [-0.2, 0) is 16.1 Å². The zero-order valence-corrected chi connectivity index (χ0v) is 21.6. The van der Waals surface area contributed by atoms with Crippen molar-refractivity contribution < 1.29 is 19.0 Å². The van der Waals surface area contributed by atoms with E-state index in [1.54, 1.807) is 25.3 Å². The maximum absolute atomic E-state index is 13.0. The molecule has 1 atom stereocenters. The van der Waals surface area contributed by atoms with E-state index < -0.39 is 11.9 Å². The van der Waals surface area contributed by atoms with E-state index in [0.29, 0.717) is 35.8 Å². The van der Waals surface area contributed by atoms with Crippen LogP contribution in [0, 0.1) is 5.41 Å². The van der Waals surface area contributed by atoms with E-state index in [9.17, 15) is 4.79 Å². The molecule has 1 aliphatic heterocycles. The van der Waals surface area contributed by atoms with E-state index in [-0.39, 0.29) is 5.84 Å². The third-order valence-corrected chi connectivity index (χ3v) is 6.56. The van der Waals surface area contributed by atoms with Crippen LogP contribution in [0.1, 0.15) is 22.7 Å². The van der Waals surface area contributed by atoms with Gasteiger partial charge in [-0.1, -0.05) is 36.4 Å². The zero-order chi connectivity index (χ0) is 26.9. The first-order valence-corrected chi connectivity index (χ1v) is 12.6. The minimum atomic E-state index is -0.783. The number of nitrogens with zero attached hydrogens (tertiary/aromatic N) is 2. The Hall–Kier alpha value is -4.08. The molecule has 4 rings (SSSR count). The van der Waals surface area contributed by atoms with Crippen molar-refractivity contribution in [3.05, 3.63) is 89.5 Å². The Morgan fingerprint density at radius 2 is 1.74 bits per heavy atom. The van der Waals surface area contributed by atoms with Crippen LogP contribution in [0.25, 0.3) is 0 Å². The van der Waals surface area contributed by atoms with Crippen molar-refractivity contribution >= 4 is 17.4 Å². The minimum absolute atomic E-state index is 0.0217. The summed E-state index contributed by atoms with van der Waals surface area (Å²) in [4.78, 5) is 17.2. The number of nitrogens with one attached hydrogen (secondary N) is 1. The smallest absolute Gasteiger partial charge is 0.244 e. The second kappa shape index (κ2) is 12.9. The molecule has 9 nitrogen and oxygen atoms in total.